The monoisotopic (exact) mass is 154 g/mol. The van der Waals surface area contributed by atoms with E-state index in [0.717, 1.165) is 12.2 Å². The zero-order valence-corrected chi connectivity index (χ0v) is 6.39. The number of halogens is 1. The van der Waals surface area contributed by atoms with Gasteiger partial charge in [0.1, 0.15) is 5.82 Å². The van der Waals surface area contributed by atoms with Crippen LogP contribution in [0.1, 0.15) is 6.92 Å². The molecule has 0 aromatic heterocycles. The highest BCUT2D eigenvalue weighted by Crippen LogP contribution is 2.15. The van der Waals surface area contributed by atoms with Gasteiger partial charge in [0.15, 0.2) is 0 Å². The molecule has 0 aliphatic heterocycles. The minimum atomic E-state index is -0.369. The van der Waals surface area contributed by atoms with Crippen molar-refractivity contribution in [3.63, 3.8) is 0 Å². The number of rotatable bonds is 2. The van der Waals surface area contributed by atoms with Gasteiger partial charge in [-0.2, -0.15) is 0 Å². The molecule has 0 aliphatic rings. The Hall–Kier alpha value is -1.25. The third-order valence-electron chi connectivity index (χ3n) is 1.38. The zero-order valence-electron chi connectivity index (χ0n) is 6.39. The SMILES string of the molecule is CCNc1ccc(F)c(N)c1. The van der Waals surface area contributed by atoms with Gasteiger partial charge in [-0.1, -0.05) is 0 Å². The molecule has 0 unspecified atom stereocenters. The lowest BCUT2D eigenvalue weighted by Crippen LogP contribution is -1.98. The second-order valence-electron chi connectivity index (χ2n) is 2.27. The highest BCUT2D eigenvalue weighted by molar-refractivity contribution is 5.54. The van der Waals surface area contributed by atoms with Crippen LogP contribution in [-0.4, -0.2) is 6.54 Å². The van der Waals surface area contributed by atoms with Gasteiger partial charge in [-0.15, -0.1) is 0 Å². The van der Waals surface area contributed by atoms with Crippen LogP contribution in [0.3, 0.4) is 0 Å². The summed E-state index contributed by atoms with van der Waals surface area (Å²) in [5, 5.41) is 3.03. The van der Waals surface area contributed by atoms with Crippen LogP contribution in [0.4, 0.5) is 15.8 Å². The molecule has 0 heterocycles. The number of benzene rings is 1. The highest BCUT2D eigenvalue weighted by Gasteiger charge is 1.97. The Balaban J connectivity index is 2.86. The lowest BCUT2D eigenvalue weighted by Gasteiger charge is -2.03. The number of hydrogen-bond donors (Lipinski definition) is 2. The van der Waals surface area contributed by atoms with Crippen LogP contribution in [0.2, 0.25) is 0 Å². The van der Waals surface area contributed by atoms with E-state index in [0.29, 0.717) is 0 Å². The lowest BCUT2D eigenvalue weighted by molar-refractivity contribution is 0.632. The summed E-state index contributed by atoms with van der Waals surface area (Å²) in [5.41, 5.74) is 6.37. The Morgan fingerprint density at radius 3 is 2.82 bits per heavy atom. The first kappa shape index (κ1) is 7.85. The van der Waals surface area contributed by atoms with E-state index in [4.69, 9.17) is 5.73 Å². The van der Waals surface area contributed by atoms with Gasteiger partial charge in [-0.3, -0.25) is 0 Å². The summed E-state index contributed by atoms with van der Waals surface area (Å²) in [5.74, 6) is -0.369. The molecule has 3 heteroatoms. The first-order valence-corrected chi connectivity index (χ1v) is 3.53. The highest BCUT2D eigenvalue weighted by atomic mass is 19.1. The molecule has 3 N–H and O–H groups in total. The van der Waals surface area contributed by atoms with Crippen molar-refractivity contribution in [2.24, 2.45) is 0 Å². The number of anilines is 2. The number of nitrogens with two attached hydrogens (primary N) is 1. The number of hydrogen-bond acceptors (Lipinski definition) is 2. The normalized spacial score (nSPS) is 9.64. The van der Waals surface area contributed by atoms with Crippen LogP contribution in [0.25, 0.3) is 0 Å². The van der Waals surface area contributed by atoms with E-state index in [-0.39, 0.29) is 11.5 Å². The second-order valence-corrected chi connectivity index (χ2v) is 2.27. The fourth-order valence-electron chi connectivity index (χ4n) is 0.858. The van der Waals surface area contributed by atoms with Crippen molar-refractivity contribution in [1.29, 1.82) is 0 Å². The van der Waals surface area contributed by atoms with Crippen LogP contribution < -0.4 is 11.1 Å². The van der Waals surface area contributed by atoms with Crippen molar-refractivity contribution in [2.75, 3.05) is 17.6 Å². The number of nitrogen functional groups attached to an aromatic ring is 1. The molecule has 0 saturated carbocycles. The molecule has 0 aliphatic carbocycles. The molecule has 0 amide bonds. The lowest BCUT2D eigenvalue weighted by atomic mass is 10.2. The van der Waals surface area contributed by atoms with Crippen molar-refractivity contribution in [3.8, 4) is 0 Å². The Labute approximate surface area is 65.2 Å². The molecule has 0 spiro atoms. The maximum Gasteiger partial charge on any atom is 0.146 e. The molecule has 1 aromatic carbocycles. The van der Waals surface area contributed by atoms with Gasteiger partial charge < -0.3 is 11.1 Å². The van der Waals surface area contributed by atoms with Gasteiger partial charge >= 0.3 is 0 Å². The van der Waals surface area contributed by atoms with Crippen molar-refractivity contribution < 1.29 is 4.39 Å². The zero-order chi connectivity index (χ0) is 8.27. The Bertz CT molecular complexity index is 248. The molecule has 0 bridgehead atoms. The summed E-state index contributed by atoms with van der Waals surface area (Å²) >= 11 is 0. The first-order chi connectivity index (χ1) is 5.24. The summed E-state index contributed by atoms with van der Waals surface area (Å²) < 4.78 is 12.6. The molecule has 2 nitrogen and oxygen atoms in total. The Kier molecular flexibility index (Phi) is 2.31. The molecular formula is C8H11FN2. The van der Waals surface area contributed by atoms with Crippen molar-refractivity contribution in [3.05, 3.63) is 24.0 Å². The summed E-state index contributed by atoms with van der Waals surface area (Å²) in [7, 11) is 0. The van der Waals surface area contributed by atoms with E-state index in [1.807, 2.05) is 6.92 Å². The molecule has 60 valence electrons. The molecule has 0 fully saturated rings. The fraction of sp³-hybridized carbons (Fsp3) is 0.250. The van der Waals surface area contributed by atoms with E-state index < -0.39 is 0 Å². The topological polar surface area (TPSA) is 38.0 Å². The van der Waals surface area contributed by atoms with E-state index in [9.17, 15) is 4.39 Å². The maximum absolute atomic E-state index is 12.6. The summed E-state index contributed by atoms with van der Waals surface area (Å²) in [6.07, 6.45) is 0. The van der Waals surface area contributed by atoms with Crippen LogP contribution in [0.15, 0.2) is 18.2 Å². The molecule has 0 saturated heterocycles. The second kappa shape index (κ2) is 3.23. The average Bonchev–Trinajstić information content (AvgIpc) is 1.98. The van der Waals surface area contributed by atoms with Crippen LogP contribution >= 0.6 is 0 Å². The molecule has 11 heavy (non-hydrogen) atoms. The van der Waals surface area contributed by atoms with E-state index >= 15 is 0 Å². The third kappa shape index (κ3) is 1.83. The van der Waals surface area contributed by atoms with E-state index in [1.165, 1.54) is 6.07 Å². The first-order valence-electron chi connectivity index (χ1n) is 3.53. The summed E-state index contributed by atoms with van der Waals surface area (Å²) in [4.78, 5) is 0. The average molecular weight is 154 g/mol. The molecule has 1 aromatic rings. The van der Waals surface area contributed by atoms with Gasteiger partial charge in [0.25, 0.3) is 0 Å². The van der Waals surface area contributed by atoms with Crippen LogP contribution in [0.5, 0.6) is 0 Å². The summed E-state index contributed by atoms with van der Waals surface area (Å²) in [6.45, 7) is 2.78. The Morgan fingerprint density at radius 1 is 1.55 bits per heavy atom. The van der Waals surface area contributed by atoms with E-state index in [2.05, 4.69) is 5.32 Å². The minimum Gasteiger partial charge on any atom is -0.396 e. The molecular weight excluding hydrogens is 143 g/mol. The third-order valence-corrected chi connectivity index (χ3v) is 1.38. The van der Waals surface area contributed by atoms with Gasteiger partial charge in [0.2, 0.25) is 0 Å². The van der Waals surface area contributed by atoms with Gasteiger partial charge in [0.05, 0.1) is 5.69 Å². The van der Waals surface area contributed by atoms with Crippen molar-refractivity contribution in [1.82, 2.24) is 0 Å². The van der Waals surface area contributed by atoms with Crippen LogP contribution in [-0.2, 0) is 0 Å². The largest absolute Gasteiger partial charge is 0.396 e. The van der Waals surface area contributed by atoms with Gasteiger partial charge in [-0.05, 0) is 25.1 Å². The number of nitrogens with one attached hydrogen (secondary N) is 1. The Morgan fingerprint density at radius 2 is 2.27 bits per heavy atom. The van der Waals surface area contributed by atoms with Crippen molar-refractivity contribution in [2.45, 2.75) is 6.92 Å². The smallest absolute Gasteiger partial charge is 0.146 e. The van der Waals surface area contributed by atoms with Gasteiger partial charge in [-0.25, -0.2) is 4.39 Å². The maximum atomic E-state index is 12.6. The molecule has 0 atom stereocenters. The molecule has 1 rings (SSSR count). The predicted molar refractivity (Wildman–Crippen MR) is 45.0 cm³/mol. The standard InChI is InChI=1S/C8H11FN2/c1-2-11-6-3-4-7(9)8(10)5-6/h3-5,11H,2,10H2,1H3. The van der Waals surface area contributed by atoms with Gasteiger partial charge in [0, 0.05) is 12.2 Å². The van der Waals surface area contributed by atoms with Crippen LogP contribution in [0, 0.1) is 5.82 Å². The predicted octanol–water partition coefficient (Wildman–Crippen LogP) is 1.84. The minimum absolute atomic E-state index is 0.184. The fourth-order valence-corrected chi connectivity index (χ4v) is 0.858. The van der Waals surface area contributed by atoms with Crippen molar-refractivity contribution >= 4 is 11.4 Å². The van der Waals surface area contributed by atoms with E-state index in [1.54, 1.807) is 12.1 Å². The summed E-state index contributed by atoms with van der Waals surface area (Å²) in [6, 6.07) is 4.60. The quantitative estimate of drug-likeness (QED) is 0.638. The molecule has 0 radical (unpaired) electrons.